The van der Waals surface area contributed by atoms with Crippen LogP contribution in [0.5, 0.6) is 5.75 Å². The van der Waals surface area contributed by atoms with Gasteiger partial charge in [-0.15, -0.1) is 0 Å². The fourth-order valence-electron chi connectivity index (χ4n) is 2.82. The van der Waals surface area contributed by atoms with Crippen molar-refractivity contribution in [1.82, 2.24) is 4.31 Å². The van der Waals surface area contributed by atoms with E-state index in [0.717, 1.165) is 17.7 Å². The minimum absolute atomic E-state index is 0.170. The lowest BCUT2D eigenvalue weighted by Gasteiger charge is -2.18. The molecule has 0 unspecified atom stereocenters. The average Bonchev–Trinajstić information content (AvgIpc) is 3.04. The molecule has 1 aromatic rings. The molecule has 0 bridgehead atoms. The SMILES string of the molecule is COC(=O)[C@H](C)CS(=O)(=O)N1CC[C@@H](c2ccc(OC)cc2)C1. The summed E-state index contributed by atoms with van der Waals surface area (Å²) in [4.78, 5) is 11.4. The van der Waals surface area contributed by atoms with Gasteiger partial charge in [-0.1, -0.05) is 19.1 Å². The molecule has 0 radical (unpaired) electrons. The van der Waals surface area contributed by atoms with E-state index in [4.69, 9.17) is 4.74 Å². The Morgan fingerprint density at radius 2 is 1.96 bits per heavy atom. The van der Waals surface area contributed by atoms with Crippen LogP contribution in [0.4, 0.5) is 0 Å². The molecule has 0 N–H and O–H groups in total. The minimum atomic E-state index is -3.46. The minimum Gasteiger partial charge on any atom is -0.497 e. The van der Waals surface area contributed by atoms with Crippen LogP contribution in [0.2, 0.25) is 0 Å². The van der Waals surface area contributed by atoms with Crippen LogP contribution in [0.1, 0.15) is 24.8 Å². The van der Waals surface area contributed by atoms with E-state index >= 15 is 0 Å². The van der Waals surface area contributed by atoms with Gasteiger partial charge in [0, 0.05) is 13.1 Å². The summed E-state index contributed by atoms with van der Waals surface area (Å²) in [5.74, 6) is -0.425. The van der Waals surface area contributed by atoms with Gasteiger partial charge in [-0.2, -0.15) is 0 Å². The van der Waals surface area contributed by atoms with Gasteiger partial charge in [-0.25, -0.2) is 12.7 Å². The van der Waals surface area contributed by atoms with Gasteiger partial charge in [0.2, 0.25) is 10.0 Å². The van der Waals surface area contributed by atoms with E-state index in [2.05, 4.69) is 4.74 Å². The molecule has 1 aromatic carbocycles. The standard InChI is InChI=1S/C16H23NO5S/c1-12(16(18)22-3)11-23(19,20)17-9-8-14(10-17)13-4-6-15(21-2)7-5-13/h4-7,12,14H,8-11H2,1-3H3/t12-,14-/m1/s1. The van der Waals surface area contributed by atoms with E-state index in [9.17, 15) is 13.2 Å². The molecule has 0 amide bonds. The Balaban J connectivity index is 2.01. The molecule has 1 fully saturated rings. The van der Waals surface area contributed by atoms with Crippen LogP contribution in [0.15, 0.2) is 24.3 Å². The molecule has 6 nitrogen and oxygen atoms in total. The summed E-state index contributed by atoms with van der Waals surface area (Å²) in [5, 5.41) is 0. The zero-order valence-corrected chi connectivity index (χ0v) is 14.5. The highest BCUT2D eigenvalue weighted by Gasteiger charge is 2.34. The molecule has 2 atom stereocenters. The zero-order chi connectivity index (χ0) is 17.0. The molecule has 1 aliphatic heterocycles. The molecule has 128 valence electrons. The van der Waals surface area contributed by atoms with Gasteiger partial charge in [0.25, 0.3) is 0 Å². The number of carbonyl (C=O) groups excluding carboxylic acids is 1. The number of esters is 1. The fourth-order valence-corrected chi connectivity index (χ4v) is 4.59. The van der Waals surface area contributed by atoms with Crippen LogP contribution in [-0.4, -0.2) is 51.8 Å². The molecular formula is C16H23NO5S. The first-order chi connectivity index (χ1) is 10.9. The van der Waals surface area contributed by atoms with Gasteiger partial charge in [0.1, 0.15) is 5.75 Å². The van der Waals surface area contributed by atoms with Crippen molar-refractivity contribution in [3.8, 4) is 5.75 Å². The smallest absolute Gasteiger partial charge is 0.309 e. The Morgan fingerprint density at radius 1 is 1.30 bits per heavy atom. The Hall–Kier alpha value is -1.60. The van der Waals surface area contributed by atoms with E-state index in [0.29, 0.717) is 13.1 Å². The van der Waals surface area contributed by atoms with Crippen molar-refractivity contribution in [3.05, 3.63) is 29.8 Å². The van der Waals surface area contributed by atoms with Gasteiger partial charge in [0.05, 0.1) is 25.9 Å². The number of sulfonamides is 1. The molecule has 23 heavy (non-hydrogen) atoms. The molecule has 0 aliphatic carbocycles. The third-order valence-corrected chi connectivity index (χ3v) is 6.24. The molecule has 1 aliphatic rings. The molecule has 1 heterocycles. The monoisotopic (exact) mass is 341 g/mol. The van der Waals surface area contributed by atoms with Crippen molar-refractivity contribution < 1.29 is 22.7 Å². The maximum absolute atomic E-state index is 12.4. The zero-order valence-electron chi connectivity index (χ0n) is 13.7. The van der Waals surface area contributed by atoms with Gasteiger partial charge in [-0.3, -0.25) is 4.79 Å². The number of carbonyl (C=O) groups is 1. The molecule has 0 aromatic heterocycles. The van der Waals surface area contributed by atoms with Gasteiger partial charge < -0.3 is 9.47 Å². The lowest BCUT2D eigenvalue weighted by Crippen LogP contribution is -2.35. The highest BCUT2D eigenvalue weighted by atomic mass is 32.2. The van der Waals surface area contributed by atoms with Crippen molar-refractivity contribution in [2.75, 3.05) is 33.1 Å². The van der Waals surface area contributed by atoms with Gasteiger partial charge >= 0.3 is 5.97 Å². The predicted molar refractivity (Wildman–Crippen MR) is 86.9 cm³/mol. The van der Waals surface area contributed by atoms with Gasteiger partial charge in [-0.05, 0) is 30.0 Å². The lowest BCUT2D eigenvalue weighted by molar-refractivity contribution is -0.144. The van der Waals surface area contributed by atoms with Gasteiger partial charge in [0.15, 0.2) is 0 Å². The maximum Gasteiger partial charge on any atom is 0.309 e. The summed E-state index contributed by atoms with van der Waals surface area (Å²) in [6.45, 7) is 2.50. The van der Waals surface area contributed by atoms with Crippen molar-refractivity contribution in [2.45, 2.75) is 19.3 Å². The van der Waals surface area contributed by atoms with E-state index < -0.39 is 21.9 Å². The van der Waals surface area contributed by atoms with Crippen LogP contribution in [-0.2, 0) is 19.6 Å². The van der Waals surface area contributed by atoms with Crippen molar-refractivity contribution in [3.63, 3.8) is 0 Å². The molecule has 1 saturated heterocycles. The normalized spacial score (nSPS) is 20.2. The Kier molecular flexibility index (Phi) is 5.64. The molecule has 0 spiro atoms. The van der Waals surface area contributed by atoms with E-state index in [1.807, 2.05) is 24.3 Å². The van der Waals surface area contributed by atoms with Crippen molar-refractivity contribution >= 4 is 16.0 Å². The Bertz CT molecular complexity index is 641. The highest BCUT2D eigenvalue weighted by Crippen LogP contribution is 2.30. The fraction of sp³-hybridized carbons (Fsp3) is 0.562. The number of hydrogen-bond acceptors (Lipinski definition) is 5. The lowest BCUT2D eigenvalue weighted by atomic mass is 9.99. The highest BCUT2D eigenvalue weighted by molar-refractivity contribution is 7.89. The molecule has 2 rings (SSSR count). The summed E-state index contributed by atoms with van der Waals surface area (Å²) < 4.78 is 36.1. The topological polar surface area (TPSA) is 72.9 Å². The number of benzene rings is 1. The van der Waals surface area contributed by atoms with Crippen LogP contribution in [0.3, 0.4) is 0 Å². The number of methoxy groups -OCH3 is 2. The van der Waals surface area contributed by atoms with Crippen LogP contribution < -0.4 is 4.74 Å². The molecular weight excluding hydrogens is 318 g/mol. The average molecular weight is 341 g/mol. The Labute approximate surface area is 137 Å². The van der Waals surface area contributed by atoms with Crippen molar-refractivity contribution in [1.29, 1.82) is 0 Å². The third kappa shape index (κ3) is 4.23. The predicted octanol–water partition coefficient (Wildman–Crippen LogP) is 1.62. The second-order valence-corrected chi connectivity index (χ2v) is 7.83. The number of hydrogen-bond donors (Lipinski definition) is 0. The van der Waals surface area contributed by atoms with Crippen molar-refractivity contribution in [2.24, 2.45) is 5.92 Å². The Morgan fingerprint density at radius 3 is 2.52 bits per heavy atom. The maximum atomic E-state index is 12.4. The van der Waals surface area contributed by atoms with Crippen LogP contribution in [0, 0.1) is 5.92 Å². The van der Waals surface area contributed by atoms with Crippen LogP contribution >= 0.6 is 0 Å². The first-order valence-electron chi connectivity index (χ1n) is 7.57. The first kappa shape index (κ1) is 17.7. The largest absolute Gasteiger partial charge is 0.497 e. The first-order valence-corrected chi connectivity index (χ1v) is 9.18. The molecule has 7 heteroatoms. The number of ether oxygens (including phenoxy) is 2. The van der Waals surface area contributed by atoms with E-state index in [-0.39, 0.29) is 11.7 Å². The number of rotatable bonds is 6. The van der Waals surface area contributed by atoms with Crippen LogP contribution in [0.25, 0.3) is 0 Å². The third-order valence-electron chi connectivity index (χ3n) is 4.20. The van der Waals surface area contributed by atoms with E-state index in [1.165, 1.54) is 11.4 Å². The van der Waals surface area contributed by atoms with E-state index in [1.54, 1.807) is 14.0 Å². The summed E-state index contributed by atoms with van der Waals surface area (Å²) >= 11 is 0. The quantitative estimate of drug-likeness (QED) is 0.735. The number of nitrogens with zero attached hydrogens (tertiary/aromatic N) is 1. The molecule has 0 saturated carbocycles. The second kappa shape index (κ2) is 7.31. The summed E-state index contributed by atoms with van der Waals surface area (Å²) in [6.07, 6.45) is 0.776. The summed E-state index contributed by atoms with van der Waals surface area (Å²) in [6, 6.07) is 7.70. The summed E-state index contributed by atoms with van der Waals surface area (Å²) in [5.41, 5.74) is 1.10. The summed E-state index contributed by atoms with van der Waals surface area (Å²) in [7, 11) is -0.583. The second-order valence-electron chi connectivity index (χ2n) is 5.82.